The third kappa shape index (κ3) is 5.42. The molecule has 7 heteroatoms. The maximum atomic E-state index is 12.6. The molecule has 2 atom stereocenters. The standard InChI is InChI=1S/C24H28N2O5/c1-4-17-8-6-7-9-21(17)26-15-18(14-22(26)27)24(29)31-16(3)23(28)25-19-10-12-20(13-11-19)30-5-2/h6-13,16,18H,4-5,14-15H2,1-3H3,(H,25,28)/t16-,18+/m1/s1. The minimum atomic E-state index is -0.980. The lowest BCUT2D eigenvalue weighted by molar-refractivity contribution is -0.157. The van der Waals surface area contributed by atoms with Crippen LogP contribution in [0.2, 0.25) is 0 Å². The van der Waals surface area contributed by atoms with Crippen molar-refractivity contribution in [1.29, 1.82) is 0 Å². The van der Waals surface area contributed by atoms with Gasteiger partial charge in [0.2, 0.25) is 5.91 Å². The topological polar surface area (TPSA) is 84.9 Å². The van der Waals surface area contributed by atoms with E-state index in [0.717, 1.165) is 17.7 Å². The number of ether oxygens (including phenoxy) is 2. The fourth-order valence-electron chi connectivity index (χ4n) is 3.54. The number of esters is 1. The summed E-state index contributed by atoms with van der Waals surface area (Å²) in [5, 5.41) is 2.72. The fourth-order valence-corrected chi connectivity index (χ4v) is 3.54. The summed E-state index contributed by atoms with van der Waals surface area (Å²) >= 11 is 0. The summed E-state index contributed by atoms with van der Waals surface area (Å²) in [5.41, 5.74) is 2.45. The van der Waals surface area contributed by atoms with Crippen LogP contribution in [0.4, 0.5) is 11.4 Å². The SMILES string of the molecule is CCOc1ccc(NC(=O)[C@@H](C)OC(=O)[C@H]2CC(=O)N(c3ccccc3CC)C2)cc1. The Morgan fingerprint density at radius 1 is 1.13 bits per heavy atom. The number of aryl methyl sites for hydroxylation is 1. The van der Waals surface area contributed by atoms with E-state index in [-0.39, 0.29) is 18.9 Å². The quantitative estimate of drug-likeness (QED) is 0.655. The van der Waals surface area contributed by atoms with Crippen LogP contribution in [0, 0.1) is 5.92 Å². The second-order valence-electron chi connectivity index (χ2n) is 7.41. The van der Waals surface area contributed by atoms with Crippen molar-refractivity contribution >= 4 is 29.2 Å². The molecule has 0 radical (unpaired) electrons. The van der Waals surface area contributed by atoms with E-state index in [2.05, 4.69) is 5.32 Å². The highest BCUT2D eigenvalue weighted by Gasteiger charge is 2.37. The molecule has 2 amide bonds. The molecule has 0 unspecified atom stereocenters. The Bertz CT molecular complexity index is 941. The highest BCUT2D eigenvalue weighted by Crippen LogP contribution is 2.29. The second-order valence-corrected chi connectivity index (χ2v) is 7.41. The Labute approximate surface area is 182 Å². The molecule has 0 aliphatic carbocycles. The summed E-state index contributed by atoms with van der Waals surface area (Å²) in [7, 11) is 0. The fraction of sp³-hybridized carbons (Fsp3) is 0.375. The summed E-state index contributed by atoms with van der Waals surface area (Å²) in [4.78, 5) is 39.2. The van der Waals surface area contributed by atoms with E-state index < -0.39 is 23.9 Å². The summed E-state index contributed by atoms with van der Waals surface area (Å²) in [6.07, 6.45) is -0.117. The molecule has 31 heavy (non-hydrogen) atoms. The number of carbonyl (C=O) groups is 3. The molecule has 1 heterocycles. The molecular weight excluding hydrogens is 396 g/mol. The van der Waals surface area contributed by atoms with E-state index in [1.54, 1.807) is 29.2 Å². The van der Waals surface area contributed by atoms with Crippen molar-refractivity contribution in [1.82, 2.24) is 0 Å². The summed E-state index contributed by atoms with van der Waals surface area (Å²) in [5.74, 6) is -0.984. The molecule has 2 aromatic rings. The lowest BCUT2D eigenvalue weighted by Crippen LogP contribution is -2.33. The first-order valence-electron chi connectivity index (χ1n) is 10.5. The van der Waals surface area contributed by atoms with E-state index in [0.29, 0.717) is 18.0 Å². The summed E-state index contributed by atoms with van der Waals surface area (Å²) in [6, 6.07) is 14.6. The van der Waals surface area contributed by atoms with Crippen LogP contribution >= 0.6 is 0 Å². The van der Waals surface area contributed by atoms with Crippen LogP contribution in [0.25, 0.3) is 0 Å². The Morgan fingerprint density at radius 2 is 1.84 bits per heavy atom. The number of rotatable bonds is 8. The summed E-state index contributed by atoms with van der Waals surface area (Å²) in [6.45, 7) is 6.25. The molecule has 1 N–H and O–H groups in total. The van der Waals surface area contributed by atoms with Gasteiger partial charge in [0.25, 0.3) is 5.91 Å². The minimum absolute atomic E-state index is 0.0735. The van der Waals surface area contributed by atoms with E-state index >= 15 is 0 Å². The number of hydrogen-bond donors (Lipinski definition) is 1. The molecule has 1 fully saturated rings. The van der Waals surface area contributed by atoms with Crippen molar-refractivity contribution in [3.63, 3.8) is 0 Å². The van der Waals surface area contributed by atoms with E-state index in [1.807, 2.05) is 38.1 Å². The predicted octanol–water partition coefficient (Wildman–Crippen LogP) is 3.57. The molecule has 3 rings (SSSR count). The normalized spacial score (nSPS) is 16.7. The number of amides is 2. The first-order chi connectivity index (χ1) is 14.9. The van der Waals surface area contributed by atoms with E-state index in [4.69, 9.17) is 9.47 Å². The Kier molecular flexibility index (Phi) is 7.28. The number of benzene rings is 2. The van der Waals surface area contributed by atoms with Gasteiger partial charge in [-0.1, -0.05) is 25.1 Å². The largest absolute Gasteiger partial charge is 0.494 e. The number of anilines is 2. The maximum absolute atomic E-state index is 12.6. The first kappa shape index (κ1) is 22.3. The van der Waals surface area contributed by atoms with Gasteiger partial charge in [0.05, 0.1) is 12.5 Å². The van der Waals surface area contributed by atoms with Crippen LogP contribution in [0.15, 0.2) is 48.5 Å². The lowest BCUT2D eigenvalue weighted by atomic mass is 10.1. The zero-order chi connectivity index (χ0) is 22.4. The molecule has 0 bridgehead atoms. The smallest absolute Gasteiger partial charge is 0.312 e. The van der Waals surface area contributed by atoms with Crippen molar-refractivity contribution in [2.75, 3.05) is 23.4 Å². The zero-order valence-corrected chi connectivity index (χ0v) is 18.1. The number of nitrogens with one attached hydrogen (secondary N) is 1. The van der Waals surface area contributed by atoms with Crippen LogP contribution in [0.3, 0.4) is 0 Å². The van der Waals surface area contributed by atoms with Gasteiger partial charge in [0.1, 0.15) is 5.75 Å². The Hall–Kier alpha value is -3.35. The Morgan fingerprint density at radius 3 is 2.52 bits per heavy atom. The molecular formula is C24H28N2O5. The lowest BCUT2D eigenvalue weighted by Gasteiger charge is -2.20. The van der Waals surface area contributed by atoms with Crippen LogP contribution in [-0.2, 0) is 25.5 Å². The molecule has 2 aromatic carbocycles. The van der Waals surface area contributed by atoms with Crippen LogP contribution < -0.4 is 15.0 Å². The minimum Gasteiger partial charge on any atom is -0.494 e. The number of carbonyl (C=O) groups excluding carboxylic acids is 3. The van der Waals surface area contributed by atoms with Gasteiger partial charge in [-0.15, -0.1) is 0 Å². The zero-order valence-electron chi connectivity index (χ0n) is 18.1. The van der Waals surface area contributed by atoms with Crippen molar-refractivity contribution in [3.8, 4) is 5.75 Å². The molecule has 0 aromatic heterocycles. The molecule has 0 saturated carbocycles. The van der Waals surface area contributed by atoms with Crippen molar-refractivity contribution in [2.45, 2.75) is 39.7 Å². The van der Waals surface area contributed by atoms with Crippen LogP contribution in [0.5, 0.6) is 5.75 Å². The summed E-state index contributed by atoms with van der Waals surface area (Å²) < 4.78 is 10.7. The van der Waals surface area contributed by atoms with E-state index in [9.17, 15) is 14.4 Å². The monoisotopic (exact) mass is 424 g/mol. The number of hydrogen-bond acceptors (Lipinski definition) is 5. The van der Waals surface area contributed by atoms with Crippen LogP contribution in [0.1, 0.15) is 32.8 Å². The van der Waals surface area contributed by atoms with Crippen molar-refractivity contribution in [2.24, 2.45) is 5.92 Å². The van der Waals surface area contributed by atoms with Gasteiger partial charge in [0, 0.05) is 24.3 Å². The first-order valence-corrected chi connectivity index (χ1v) is 10.5. The Balaban J connectivity index is 1.57. The highest BCUT2D eigenvalue weighted by atomic mass is 16.5. The molecule has 0 spiro atoms. The van der Waals surface area contributed by atoms with Crippen molar-refractivity contribution in [3.05, 3.63) is 54.1 Å². The van der Waals surface area contributed by atoms with Gasteiger partial charge in [-0.25, -0.2) is 0 Å². The molecule has 1 aliphatic rings. The van der Waals surface area contributed by atoms with Gasteiger partial charge in [-0.2, -0.15) is 0 Å². The second kappa shape index (κ2) is 10.1. The van der Waals surface area contributed by atoms with Gasteiger partial charge in [0.15, 0.2) is 6.10 Å². The van der Waals surface area contributed by atoms with Gasteiger partial charge >= 0.3 is 5.97 Å². The third-order valence-electron chi connectivity index (χ3n) is 5.22. The third-order valence-corrected chi connectivity index (χ3v) is 5.22. The number of para-hydroxylation sites is 1. The molecule has 1 aliphatic heterocycles. The van der Waals surface area contributed by atoms with E-state index in [1.165, 1.54) is 6.92 Å². The number of nitrogens with zero attached hydrogens (tertiary/aromatic N) is 1. The van der Waals surface area contributed by atoms with Crippen molar-refractivity contribution < 1.29 is 23.9 Å². The highest BCUT2D eigenvalue weighted by molar-refractivity contribution is 6.01. The van der Waals surface area contributed by atoms with Gasteiger partial charge in [-0.3, -0.25) is 14.4 Å². The average molecular weight is 424 g/mol. The van der Waals surface area contributed by atoms with Gasteiger partial charge < -0.3 is 19.7 Å². The average Bonchev–Trinajstić information content (AvgIpc) is 3.16. The molecule has 1 saturated heterocycles. The maximum Gasteiger partial charge on any atom is 0.312 e. The molecule has 164 valence electrons. The van der Waals surface area contributed by atoms with Crippen LogP contribution in [-0.4, -0.2) is 37.0 Å². The predicted molar refractivity (Wildman–Crippen MR) is 118 cm³/mol. The van der Waals surface area contributed by atoms with Gasteiger partial charge in [-0.05, 0) is 56.2 Å². The molecule has 7 nitrogen and oxygen atoms in total.